The Balaban J connectivity index is 0. The van der Waals surface area contributed by atoms with E-state index in [9.17, 15) is 0 Å². The van der Waals surface area contributed by atoms with E-state index in [1.807, 2.05) is 9.86 Å². The van der Waals surface area contributed by atoms with Gasteiger partial charge in [-0.2, -0.15) is 0 Å². The average molecular weight is 284 g/mol. The molecule has 0 saturated heterocycles. The van der Waals surface area contributed by atoms with Crippen molar-refractivity contribution in [3.63, 3.8) is 0 Å². The Hall–Kier alpha value is 1.46. The minimum atomic E-state index is 1.97. The summed E-state index contributed by atoms with van der Waals surface area (Å²) in [6, 6.07) is 0. The molecule has 0 aromatic rings. The van der Waals surface area contributed by atoms with Gasteiger partial charge in [0.1, 0.15) is 0 Å². The van der Waals surface area contributed by atoms with Crippen molar-refractivity contribution in [2.75, 3.05) is 9.86 Å². The molecule has 0 saturated carbocycles. The highest BCUT2D eigenvalue weighted by Crippen LogP contribution is 1.48. The minimum Gasteiger partial charge on any atom is -0.0901 e. The first-order valence-electron chi connectivity index (χ1n) is 0.756. The van der Waals surface area contributed by atoms with Gasteiger partial charge in [0, 0.05) is 0 Å². The van der Waals surface area contributed by atoms with E-state index >= 15 is 0 Å². The molecule has 0 radical (unpaired) electrons. The molecule has 0 spiro atoms. The van der Waals surface area contributed by atoms with E-state index in [4.69, 9.17) is 0 Å². The molecule has 0 amide bonds. The van der Waals surface area contributed by atoms with Gasteiger partial charge in [-0.05, 0) is 9.86 Å². The largest absolute Gasteiger partial charge is 0.0901 e. The van der Waals surface area contributed by atoms with Crippen LogP contribution in [0.15, 0.2) is 0 Å². The van der Waals surface area contributed by atoms with E-state index in [-0.39, 0.29) is 0 Å². The van der Waals surface area contributed by atoms with Gasteiger partial charge in [-0.3, -0.25) is 0 Å². The summed E-state index contributed by atoms with van der Waals surface area (Å²) < 4.78 is 0. The van der Waals surface area contributed by atoms with Gasteiger partial charge in [-0.1, -0.05) is 45.2 Å². The van der Waals surface area contributed by atoms with E-state index in [0.717, 1.165) is 0 Å². The number of alkyl halides is 2. The van der Waals surface area contributed by atoms with Crippen molar-refractivity contribution in [2.45, 2.75) is 0 Å². The molecule has 0 aromatic heterocycles. The molecule has 0 aromatic carbocycles. The van der Waals surface area contributed by atoms with Crippen molar-refractivity contribution in [1.29, 1.82) is 0 Å². The number of rotatable bonds is 0. The SMILES string of the molecule is CI.CI. The van der Waals surface area contributed by atoms with Crippen LogP contribution in [-0.4, -0.2) is 9.86 Å². The molecule has 28 valence electrons. The van der Waals surface area contributed by atoms with Gasteiger partial charge >= 0.3 is 0 Å². The number of halogens is 2. The van der Waals surface area contributed by atoms with Gasteiger partial charge in [0.2, 0.25) is 0 Å². The summed E-state index contributed by atoms with van der Waals surface area (Å²) in [5.41, 5.74) is 0. The molecule has 0 aliphatic carbocycles. The summed E-state index contributed by atoms with van der Waals surface area (Å²) in [6.45, 7) is 0. The predicted molar refractivity (Wildman–Crippen MR) is 39.9 cm³/mol. The highest BCUT2D eigenvalue weighted by atomic mass is 127. The highest BCUT2D eigenvalue weighted by molar-refractivity contribution is 14.1. The first kappa shape index (κ1) is 9.07. The van der Waals surface area contributed by atoms with Crippen LogP contribution in [0, 0.1) is 0 Å². The third-order valence-electron chi connectivity index (χ3n) is 0. The lowest BCUT2D eigenvalue weighted by Crippen LogP contribution is -0.798. The quantitative estimate of drug-likeness (QED) is 0.472. The molecular formula is C2H6I2. The Bertz CT molecular complexity index is 4.00. The van der Waals surface area contributed by atoms with Crippen LogP contribution < -0.4 is 0 Å². The first-order valence-corrected chi connectivity index (χ1v) is 5.07. The van der Waals surface area contributed by atoms with Crippen LogP contribution in [0.2, 0.25) is 0 Å². The predicted octanol–water partition coefficient (Wildman–Crippen LogP) is 2.10. The van der Waals surface area contributed by atoms with Gasteiger partial charge in [0.05, 0.1) is 0 Å². The van der Waals surface area contributed by atoms with Crippen molar-refractivity contribution < 1.29 is 0 Å². The molecule has 0 unspecified atom stereocenters. The fraction of sp³-hybridized carbons (Fsp3) is 1.00. The van der Waals surface area contributed by atoms with Gasteiger partial charge in [0.15, 0.2) is 0 Å². The Morgan fingerprint density at radius 3 is 0.750 bits per heavy atom. The Morgan fingerprint density at radius 1 is 0.750 bits per heavy atom. The van der Waals surface area contributed by atoms with Crippen molar-refractivity contribution in [2.24, 2.45) is 0 Å². The maximum atomic E-state index is 2.15. The van der Waals surface area contributed by atoms with E-state index in [2.05, 4.69) is 45.2 Å². The van der Waals surface area contributed by atoms with E-state index in [0.29, 0.717) is 0 Å². The summed E-state index contributed by atoms with van der Waals surface area (Å²) in [5, 5.41) is 0. The van der Waals surface area contributed by atoms with E-state index in [1.54, 1.807) is 0 Å². The Morgan fingerprint density at radius 2 is 0.750 bits per heavy atom. The fourth-order valence-corrected chi connectivity index (χ4v) is 0. The second-order valence-corrected chi connectivity index (χ2v) is 0. The summed E-state index contributed by atoms with van der Waals surface area (Å²) in [5.74, 6) is 0. The van der Waals surface area contributed by atoms with Crippen LogP contribution in [0.3, 0.4) is 0 Å². The second-order valence-electron chi connectivity index (χ2n) is 0. The number of hydrogen-bond donors (Lipinski definition) is 0. The highest BCUT2D eigenvalue weighted by Gasteiger charge is 0.952. The van der Waals surface area contributed by atoms with Gasteiger partial charge in [0.25, 0.3) is 0 Å². The standard InChI is InChI=1S/2CH3I/c2*1-2/h2*1H3. The van der Waals surface area contributed by atoms with Crippen LogP contribution in [-0.2, 0) is 0 Å². The Kier molecular flexibility index (Phi) is 56.8. The van der Waals surface area contributed by atoms with Crippen molar-refractivity contribution >= 4 is 45.2 Å². The second kappa shape index (κ2) is 25.0. The number of hydrogen-bond acceptors (Lipinski definition) is 0. The molecule has 4 heavy (non-hydrogen) atoms. The lowest BCUT2D eigenvalue weighted by Gasteiger charge is -1.05. The zero-order chi connectivity index (χ0) is 4.00. The molecule has 0 N–H and O–H groups in total. The zero-order valence-electron chi connectivity index (χ0n) is 2.76. The summed E-state index contributed by atoms with van der Waals surface area (Å²) in [7, 11) is 0. The summed E-state index contributed by atoms with van der Waals surface area (Å²) >= 11 is 4.30. The maximum Gasteiger partial charge on any atom is -0.0121 e. The minimum absolute atomic E-state index is 1.97. The van der Waals surface area contributed by atoms with E-state index < -0.39 is 0 Å². The summed E-state index contributed by atoms with van der Waals surface area (Å²) in [6.07, 6.45) is 0. The summed E-state index contributed by atoms with van der Waals surface area (Å²) in [4.78, 5) is 3.94. The van der Waals surface area contributed by atoms with Crippen LogP contribution in [0.25, 0.3) is 0 Å². The smallest absolute Gasteiger partial charge is 0.0121 e. The van der Waals surface area contributed by atoms with Crippen LogP contribution >= 0.6 is 45.2 Å². The van der Waals surface area contributed by atoms with Crippen molar-refractivity contribution in [1.82, 2.24) is 0 Å². The molecule has 0 aliphatic heterocycles. The lowest BCUT2D eigenvalue weighted by molar-refractivity contribution is 2.66. The van der Waals surface area contributed by atoms with Crippen molar-refractivity contribution in [3.05, 3.63) is 0 Å². The molecule has 0 aliphatic rings. The van der Waals surface area contributed by atoms with Crippen LogP contribution in [0.1, 0.15) is 0 Å². The third kappa shape index (κ3) is 9.82. The molecule has 0 rings (SSSR count). The van der Waals surface area contributed by atoms with Crippen LogP contribution in [0.4, 0.5) is 0 Å². The normalized spacial score (nSPS) is 3.00. The molecule has 0 nitrogen and oxygen atoms in total. The maximum absolute atomic E-state index is 2.15. The fourth-order valence-electron chi connectivity index (χ4n) is 0. The van der Waals surface area contributed by atoms with E-state index in [1.165, 1.54) is 0 Å². The van der Waals surface area contributed by atoms with Crippen LogP contribution in [0.5, 0.6) is 0 Å². The molecule has 0 atom stereocenters. The van der Waals surface area contributed by atoms with Gasteiger partial charge < -0.3 is 0 Å². The molecular weight excluding hydrogens is 278 g/mol. The molecule has 0 fully saturated rings. The monoisotopic (exact) mass is 284 g/mol. The van der Waals surface area contributed by atoms with Gasteiger partial charge in [-0.15, -0.1) is 0 Å². The van der Waals surface area contributed by atoms with Gasteiger partial charge in [-0.25, -0.2) is 0 Å². The Labute approximate surface area is 54.6 Å². The lowest BCUT2D eigenvalue weighted by atomic mass is 12.0. The topological polar surface area (TPSA) is 0 Å². The first-order chi connectivity index (χ1) is 2.00. The molecule has 2 heteroatoms. The zero-order valence-corrected chi connectivity index (χ0v) is 7.07. The average Bonchev–Trinajstić information content (AvgIpc) is 1.50. The molecule has 0 heterocycles. The van der Waals surface area contributed by atoms with Crippen molar-refractivity contribution in [3.8, 4) is 0 Å². The third-order valence-corrected chi connectivity index (χ3v) is 0. The molecule has 0 bridgehead atoms.